The lowest BCUT2D eigenvalue weighted by Crippen LogP contribution is -2.37. The Morgan fingerprint density at radius 2 is 1.95 bits per heavy atom. The van der Waals surface area contributed by atoms with E-state index in [-0.39, 0.29) is 42.2 Å². The molecule has 0 atom stereocenters. The fraction of sp³-hybridized carbons (Fsp3) is 0.385. The minimum absolute atomic E-state index is 0. The van der Waals surface area contributed by atoms with E-state index in [1.54, 1.807) is 19.2 Å². The minimum atomic E-state index is -0.276. The number of guanidine groups is 1. The highest BCUT2D eigenvalue weighted by Crippen LogP contribution is 2.01. The largest absolute Gasteiger partial charge is 0.469 e. The van der Waals surface area contributed by atoms with E-state index in [0.29, 0.717) is 19.0 Å². The van der Waals surface area contributed by atoms with E-state index in [4.69, 9.17) is 0 Å². The second kappa shape index (κ2) is 10.4. The molecule has 0 saturated carbocycles. The van der Waals surface area contributed by atoms with Crippen LogP contribution in [0, 0.1) is 5.82 Å². The molecule has 0 aliphatic carbocycles. The van der Waals surface area contributed by atoms with Gasteiger partial charge in [0.25, 0.3) is 0 Å². The van der Waals surface area contributed by atoms with Gasteiger partial charge in [-0.25, -0.2) is 4.39 Å². The average Bonchev–Trinajstić information content (AvgIpc) is 2.44. The van der Waals surface area contributed by atoms with Crippen LogP contribution in [0.15, 0.2) is 29.3 Å². The third-order valence-electron chi connectivity index (χ3n) is 2.45. The van der Waals surface area contributed by atoms with Crippen LogP contribution in [0.4, 0.5) is 4.39 Å². The number of hydrogen-bond donors (Lipinski definition) is 2. The Hall–Kier alpha value is -1.38. The summed E-state index contributed by atoms with van der Waals surface area (Å²) in [5.74, 6) is 0.0408. The van der Waals surface area contributed by atoms with Gasteiger partial charge in [-0.1, -0.05) is 12.1 Å². The van der Waals surface area contributed by atoms with Gasteiger partial charge in [0.1, 0.15) is 5.82 Å². The summed E-state index contributed by atoms with van der Waals surface area (Å²) in [4.78, 5) is 14.9. The number of carbonyl (C=O) groups is 1. The van der Waals surface area contributed by atoms with Gasteiger partial charge < -0.3 is 15.4 Å². The monoisotopic (exact) mass is 395 g/mol. The molecule has 0 radical (unpaired) electrons. The molecule has 0 bridgehead atoms. The molecular formula is C13H19FIN3O2. The maximum Gasteiger partial charge on any atom is 0.307 e. The molecule has 1 aromatic rings. The van der Waals surface area contributed by atoms with E-state index in [0.717, 1.165) is 5.56 Å². The Kier molecular flexibility index (Phi) is 9.69. The predicted molar refractivity (Wildman–Crippen MR) is 86.6 cm³/mol. The first-order valence-electron chi connectivity index (χ1n) is 5.91. The molecular weight excluding hydrogens is 376 g/mol. The topological polar surface area (TPSA) is 62.7 Å². The van der Waals surface area contributed by atoms with Crippen molar-refractivity contribution in [1.29, 1.82) is 0 Å². The molecule has 0 aliphatic heterocycles. The lowest BCUT2D eigenvalue weighted by Gasteiger charge is -2.11. The number of nitrogens with zero attached hydrogens (tertiary/aromatic N) is 1. The van der Waals surface area contributed by atoms with E-state index in [1.807, 2.05) is 0 Å². The lowest BCUT2D eigenvalue weighted by molar-refractivity contribution is -0.140. The Bertz CT molecular complexity index is 438. The summed E-state index contributed by atoms with van der Waals surface area (Å²) in [7, 11) is 2.99. The molecule has 0 fully saturated rings. The highest BCUT2D eigenvalue weighted by molar-refractivity contribution is 14.0. The third-order valence-corrected chi connectivity index (χ3v) is 2.45. The summed E-state index contributed by atoms with van der Waals surface area (Å²) < 4.78 is 17.3. The van der Waals surface area contributed by atoms with E-state index in [2.05, 4.69) is 20.4 Å². The summed E-state index contributed by atoms with van der Waals surface area (Å²) in [6.07, 6.45) is 0.272. The van der Waals surface area contributed by atoms with Crippen LogP contribution in [0.25, 0.3) is 0 Å². The molecule has 5 nitrogen and oxygen atoms in total. The number of carbonyl (C=O) groups excluding carboxylic acids is 1. The number of ether oxygens (including phenoxy) is 1. The zero-order valence-electron chi connectivity index (χ0n) is 11.5. The standard InChI is InChI=1S/C13H18FN3O2.HI/c1-15-13(16-8-7-12(18)19-2)17-9-10-3-5-11(14)6-4-10;/h3-6H,7-9H2,1-2H3,(H2,15,16,17);1H. The van der Waals surface area contributed by atoms with Crippen molar-refractivity contribution in [3.8, 4) is 0 Å². The van der Waals surface area contributed by atoms with Crippen molar-refractivity contribution < 1.29 is 13.9 Å². The van der Waals surface area contributed by atoms with Crippen LogP contribution in [0.2, 0.25) is 0 Å². The van der Waals surface area contributed by atoms with Crippen molar-refractivity contribution in [3.05, 3.63) is 35.6 Å². The molecule has 1 aromatic carbocycles. The molecule has 2 N–H and O–H groups in total. The van der Waals surface area contributed by atoms with Crippen LogP contribution in [0.5, 0.6) is 0 Å². The Morgan fingerprint density at radius 3 is 2.50 bits per heavy atom. The first kappa shape index (κ1) is 18.6. The van der Waals surface area contributed by atoms with Crippen molar-refractivity contribution >= 4 is 35.9 Å². The highest BCUT2D eigenvalue weighted by atomic mass is 127. The van der Waals surface area contributed by atoms with Crippen LogP contribution in [-0.4, -0.2) is 32.6 Å². The molecule has 0 saturated heterocycles. The van der Waals surface area contributed by atoms with Gasteiger partial charge in [0.15, 0.2) is 5.96 Å². The molecule has 0 amide bonds. The van der Waals surface area contributed by atoms with E-state index < -0.39 is 0 Å². The van der Waals surface area contributed by atoms with Crippen molar-refractivity contribution in [1.82, 2.24) is 10.6 Å². The van der Waals surface area contributed by atoms with Crippen LogP contribution in [0.1, 0.15) is 12.0 Å². The number of nitrogens with one attached hydrogen (secondary N) is 2. The second-order valence-electron chi connectivity index (χ2n) is 3.81. The summed E-state index contributed by atoms with van der Waals surface area (Å²) in [5.41, 5.74) is 0.942. The van der Waals surface area contributed by atoms with Crippen LogP contribution in [-0.2, 0) is 16.1 Å². The fourth-order valence-corrected chi connectivity index (χ4v) is 1.39. The van der Waals surface area contributed by atoms with Crippen LogP contribution >= 0.6 is 24.0 Å². The summed E-state index contributed by atoms with van der Waals surface area (Å²) in [6, 6.07) is 6.21. The highest BCUT2D eigenvalue weighted by Gasteiger charge is 2.02. The second-order valence-corrected chi connectivity index (χ2v) is 3.81. The third kappa shape index (κ3) is 7.27. The molecule has 0 aromatic heterocycles. The quantitative estimate of drug-likeness (QED) is 0.345. The summed E-state index contributed by atoms with van der Waals surface area (Å²) in [5, 5.41) is 6.04. The van der Waals surface area contributed by atoms with E-state index >= 15 is 0 Å². The normalized spacial score (nSPS) is 10.4. The minimum Gasteiger partial charge on any atom is -0.469 e. The van der Waals surface area contributed by atoms with Gasteiger partial charge in [-0.15, -0.1) is 24.0 Å². The summed E-state index contributed by atoms with van der Waals surface area (Å²) >= 11 is 0. The number of hydrogen-bond acceptors (Lipinski definition) is 3. The van der Waals surface area contributed by atoms with Gasteiger partial charge in [0.05, 0.1) is 13.5 Å². The summed E-state index contributed by atoms with van der Waals surface area (Å²) in [6.45, 7) is 0.966. The van der Waals surface area contributed by atoms with Gasteiger partial charge in [-0.05, 0) is 17.7 Å². The number of benzene rings is 1. The number of rotatable bonds is 5. The smallest absolute Gasteiger partial charge is 0.307 e. The molecule has 7 heteroatoms. The van der Waals surface area contributed by atoms with E-state index in [1.165, 1.54) is 19.2 Å². The number of halogens is 2. The van der Waals surface area contributed by atoms with Crippen LogP contribution < -0.4 is 10.6 Å². The first-order valence-corrected chi connectivity index (χ1v) is 5.91. The van der Waals surface area contributed by atoms with Gasteiger partial charge in [0.2, 0.25) is 0 Å². The Balaban J connectivity index is 0.00000361. The zero-order chi connectivity index (χ0) is 14.1. The van der Waals surface area contributed by atoms with Crippen LogP contribution in [0.3, 0.4) is 0 Å². The first-order chi connectivity index (χ1) is 9.15. The Labute approximate surface area is 135 Å². The molecule has 0 aliphatic rings. The maximum atomic E-state index is 12.7. The molecule has 0 spiro atoms. The molecule has 20 heavy (non-hydrogen) atoms. The van der Waals surface area contributed by atoms with Gasteiger partial charge in [-0.3, -0.25) is 9.79 Å². The lowest BCUT2D eigenvalue weighted by atomic mass is 10.2. The molecule has 112 valence electrons. The Morgan fingerprint density at radius 1 is 1.30 bits per heavy atom. The number of aliphatic imine (C=N–C) groups is 1. The van der Waals surface area contributed by atoms with E-state index in [9.17, 15) is 9.18 Å². The van der Waals surface area contributed by atoms with Crippen molar-refractivity contribution in [2.24, 2.45) is 4.99 Å². The molecule has 0 heterocycles. The van der Waals surface area contributed by atoms with Gasteiger partial charge in [-0.2, -0.15) is 0 Å². The van der Waals surface area contributed by atoms with Gasteiger partial charge in [0, 0.05) is 20.1 Å². The van der Waals surface area contributed by atoms with Crippen molar-refractivity contribution in [2.45, 2.75) is 13.0 Å². The van der Waals surface area contributed by atoms with Gasteiger partial charge >= 0.3 is 5.97 Å². The molecule has 1 rings (SSSR count). The SMILES string of the molecule is CN=C(NCCC(=O)OC)NCc1ccc(F)cc1.I. The average molecular weight is 395 g/mol. The van der Waals surface area contributed by atoms with Crippen molar-refractivity contribution in [3.63, 3.8) is 0 Å². The maximum absolute atomic E-state index is 12.7. The predicted octanol–water partition coefficient (Wildman–Crippen LogP) is 1.67. The fourth-order valence-electron chi connectivity index (χ4n) is 1.39. The number of methoxy groups -OCH3 is 1. The van der Waals surface area contributed by atoms with Crippen molar-refractivity contribution in [2.75, 3.05) is 20.7 Å². The molecule has 0 unspecified atom stereocenters. The number of esters is 1. The zero-order valence-corrected chi connectivity index (χ0v) is 13.8.